The van der Waals surface area contributed by atoms with Crippen LogP contribution in [0.2, 0.25) is 0 Å². The van der Waals surface area contributed by atoms with E-state index in [2.05, 4.69) is 27.2 Å². The summed E-state index contributed by atoms with van der Waals surface area (Å²) in [6.45, 7) is 12.1. The van der Waals surface area contributed by atoms with Crippen LogP contribution in [0.25, 0.3) is 0 Å². The molecule has 2 rings (SSSR count). The molecule has 8 nitrogen and oxygen atoms in total. The number of alkyl halides is 1. The van der Waals surface area contributed by atoms with E-state index >= 15 is 0 Å². The van der Waals surface area contributed by atoms with Crippen molar-refractivity contribution in [2.45, 2.75) is 70.2 Å². The van der Waals surface area contributed by atoms with Crippen LogP contribution in [-0.2, 0) is 15.6 Å². The van der Waals surface area contributed by atoms with Crippen LogP contribution in [0.1, 0.15) is 56.5 Å². The second-order valence-electron chi connectivity index (χ2n) is 9.66. The van der Waals surface area contributed by atoms with Gasteiger partial charge in [-0.05, 0) is 70.9 Å². The van der Waals surface area contributed by atoms with E-state index in [1.165, 1.54) is 13.1 Å². The number of rotatable bonds is 13. The minimum Gasteiger partial charge on any atom is -0.477 e. The third-order valence-corrected chi connectivity index (χ3v) is 6.45. The van der Waals surface area contributed by atoms with Crippen LogP contribution in [0.15, 0.2) is 59.1 Å². The van der Waals surface area contributed by atoms with Crippen molar-refractivity contribution in [3.8, 4) is 5.75 Å². The van der Waals surface area contributed by atoms with Crippen molar-refractivity contribution in [2.75, 3.05) is 12.8 Å². The third-order valence-electron chi connectivity index (χ3n) is 5.51. The van der Waals surface area contributed by atoms with Gasteiger partial charge in [0.05, 0.1) is 21.3 Å². The number of carbonyl (C=O) groups excluding carboxylic acids is 2. The molecular weight excluding hydrogens is 507 g/mol. The second kappa shape index (κ2) is 13.9. The van der Waals surface area contributed by atoms with Crippen molar-refractivity contribution in [3.63, 3.8) is 0 Å². The van der Waals surface area contributed by atoms with E-state index in [-0.39, 0.29) is 18.5 Å². The molecule has 0 fully saturated rings. The summed E-state index contributed by atoms with van der Waals surface area (Å²) >= 11 is 0. The number of nitrogens with zero attached hydrogens (tertiary/aromatic N) is 2. The average molecular weight is 545 g/mol. The van der Waals surface area contributed by atoms with Gasteiger partial charge in [-0.25, -0.2) is 14.4 Å². The van der Waals surface area contributed by atoms with Gasteiger partial charge in [0.25, 0.3) is 11.8 Å². The molecule has 1 aromatic heterocycles. The van der Waals surface area contributed by atoms with Gasteiger partial charge < -0.3 is 15.4 Å². The fourth-order valence-electron chi connectivity index (χ4n) is 3.52. The molecule has 0 aliphatic heterocycles. The molecule has 0 radical (unpaired) electrons. The summed E-state index contributed by atoms with van der Waals surface area (Å²) in [6, 6.07) is 8.24. The molecule has 2 N–H and O–H groups in total. The molecule has 0 bridgehead atoms. The molecule has 2 amide bonds. The van der Waals surface area contributed by atoms with Crippen LogP contribution in [0.5, 0.6) is 5.75 Å². The highest BCUT2D eigenvalue weighted by molar-refractivity contribution is 7.84. The van der Waals surface area contributed by atoms with Gasteiger partial charge in [0.2, 0.25) is 0 Å². The average Bonchev–Trinajstić information content (AvgIpc) is 2.83. The maximum absolute atomic E-state index is 13.2. The summed E-state index contributed by atoms with van der Waals surface area (Å²) in [5.74, 6) is 0.0687. The minimum absolute atomic E-state index is 0.0691. The van der Waals surface area contributed by atoms with Gasteiger partial charge in [-0.15, -0.1) is 6.58 Å². The lowest BCUT2D eigenvalue weighted by molar-refractivity contribution is -0.135. The summed E-state index contributed by atoms with van der Waals surface area (Å²) in [4.78, 5) is 34.4. The third kappa shape index (κ3) is 9.48. The molecule has 206 valence electrons. The SMILES string of the molecule is C=CCC(CC(C)=Nc1ccc(C(=O)NCC(C)F)cn1)NC(=O)C(C)(C)Oc1ccc(C)cc1S(C)=O. The van der Waals surface area contributed by atoms with Gasteiger partial charge >= 0.3 is 0 Å². The number of aryl methyl sites for hydroxylation is 1. The maximum Gasteiger partial charge on any atom is 0.263 e. The van der Waals surface area contributed by atoms with Crippen LogP contribution in [-0.4, -0.2) is 57.3 Å². The van der Waals surface area contributed by atoms with E-state index < -0.39 is 28.5 Å². The van der Waals surface area contributed by atoms with Crippen LogP contribution >= 0.6 is 0 Å². The van der Waals surface area contributed by atoms with Crippen LogP contribution in [0.3, 0.4) is 0 Å². The summed E-state index contributed by atoms with van der Waals surface area (Å²) in [6.07, 6.45) is 4.47. The number of ether oxygens (including phenoxy) is 1. The molecule has 0 aliphatic rings. The first kappa shape index (κ1) is 30.8. The lowest BCUT2D eigenvalue weighted by atomic mass is 10.0. The van der Waals surface area contributed by atoms with Crippen LogP contribution in [0, 0.1) is 6.92 Å². The van der Waals surface area contributed by atoms with E-state index in [0.29, 0.717) is 40.6 Å². The number of hydrogen-bond donors (Lipinski definition) is 2. The Morgan fingerprint density at radius 1 is 1.29 bits per heavy atom. The Balaban J connectivity index is 2.08. The molecule has 0 spiro atoms. The zero-order valence-corrected chi connectivity index (χ0v) is 23.7. The summed E-state index contributed by atoms with van der Waals surface area (Å²) < 4.78 is 31.2. The van der Waals surface area contributed by atoms with Crippen LogP contribution in [0.4, 0.5) is 10.2 Å². The molecule has 38 heavy (non-hydrogen) atoms. The van der Waals surface area contributed by atoms with Gasteiger partial charge in [-0.2, -0.15) is 0 Å². The Bertz CT molecular complexity index is 1200. The van der Waals surface area contributed by atoms with Crippen molar-refractivity contribution in [3.05, 3.63) is 60.3 Å². The summed E-state index contributed by atoms with van der Waals surface area (Å²) in [5.41, 5.74) is 0.745. The number of amides is 2. The second-order valence-corrected chi connectivity index (χ2v) is 11.0. The van der Waals surface area contributed by atoms with Crippen molar-refractivity contribution in [2.24, 2.45) is 4.99 Å². The molecule has 0 aliphatic carbocycles. The van der Waals surface area contributed by atoms with Gasteiger partial charge in [-0.3, -0.25) is 13.8 Å². The Hall–Kier alpha value is -3.40. The molecule has 1 heterocycles. The first-order chi connectivity index (χ1) is 17.8. The topological polar surface area (TPSA) is 110 Å². The van der Waals surface area contributed by atoms with Gasteiger partial charge in [0.1, 0.15) is 11.9 Å². The van der Waals surface area contributed by atoms with Crippen molar-refractivity contribution in [1.82, 2.24) is 15.6 Å². The smallest absolute Gasteiger partial charge is 0.263 e. The zero-order valence-electron chi connectivity index (χ0n) is 22.8. The number of benzene rings is 1. The molecule has 3 atom stereocenters. The normalized spacial score (nSPS) is 14.2. The minimum atomic E-state index is -1.28. The van der Waals surface area contributed by atoms with Crippen molar-refractivity contribution >= 4 is 34.1 Å². The maximum atomic E-state index is 13.2. The lowest BCUT2D eigenvalue weighted by Crippen LogP contribution is -2.50. The van der Waals surface area contributed by atoms with E-state index in [1.54, 1.807) is 50.4 Å². The first-order valence-electron chi connectivity index (χ1n) is 12.3. The number of halogens is 1. The van der Waals surface area contributed by atoms with Crippen LogP contribution < -0.4 is 15.4 Å². The quantitative estimate of drug-likeness (QED) is 0.283. The largest absolute Gasteiger partial charge is 0.477 e. The highest BCUT2D eigenvalue weighted by Crippen LogP contribution is 2.27. The van der Waals surface area contributed by atoms with Crippen molar-refractivity contribution < 1.29 is 22.9 Å². The number of carbonyl (C=O) groups is 2. The molecule has 0 saturated carbocycles. The molecule has 0 saturated heterocycles. The van der Waals surface area contributed by atoms with E-state index in [4.69, 9.17) is 4.74 Å². The Kier molecular flexibility index (Phi) is 11.3. The monoisotopic (exact) mass is 544 g/mol. The summed E-state index contributed by atoms with van der Waals surface area (Å²) in [7, 11) is -1.28. The predicted octanol–water partition coefficient (Wildman–Crippen LogP) is 4.62. The van der Waals surface area contributed by atoms with Gasteiger partial charge in [-0.1, -0.05) is 12.1 Å². The zero-order chi connectivity index (χ0) is 28.5. The number of aliphatic imine (C=N–C) groups is 1. The Labute approximate surface area is 226 Å². The number of pyridine rings is 1. The molecule has 10 heteroatoms. The number of nitrogens with one attached hydrogen (secondary N) is 2. The molecule has 2 aromatic rings. The standard InChI is InChI=1S/C28H37FN4O4S/c1-8-9-22(15-20(4)32-25-13-11-21(17-30-25)26(34)31-16-19(3)29)33-27(35)28(5,6)37-23-12-10-18(2)14-24(23)38(7)36/h8,10-14,17,19,22H,1,9,15-16H2,2-7H3,(H,31,34)(H,33,35). The number of aromatic nitrogens is 1. The fourth-order valence-corrected chi connectivity index (χ4v) is 4.26. The van der Waals surface area contributed by atoms with E-state index in [1.807, 2.05) is 19.9 Å². The van der Waals surface area contributed by atoms with E-state index in [9.17, 15) is 18.2 Å². The fraction of sp³-hybridized carbons (Fsp3) is 0.429. The Morgan fingerprint density at radius 3 is 2.58 bits per heavy atom. The highest BCUT2D eigenvalue weighted by atomic mass is 32.2. The first-order valence-corrected chi connectivity index (χ1v) is 13.9. The van der Waals surface area contributed by atoms with Crippen molar-refractivity contribution in [1.29, 1.82) is 0 Å². The molecular formula is C28H37FN4O4S. The van der Waals surface area contributed by atoms with Gasteiger partial charge in [0.15, 0.2) is 11.4 Å². The van der Waals surface area contributed by atoms with E-state index in [0.717, 1.165) is 5.56 Å². The number of hydrogen-bond acceptors (Lipinski definition) is 6. The highest BCUT2D eigenvalue weighted by Gasteiger charge is 2.32. The lowest BCUT2D eigenvalue weighted by Gasteiger charge is -2.29. The molecule has 3 unspecified atom stereocenters. The Morgan fingerprint density at radius 2 is 2.00 bits per heavy atom. The molecule has 1 aromatic carbocycles. The van der Waals surface area contributed by atoms with Gasteiger partial charge in [0, 0.05) is 37.2 Å². The predicted molar refractivity (Wildman–Crippen MR) is 149 cm³/mol. The summed E-state index contributed by atoms with van der Waals surface area (Å²) in [5, 5.41) is 5.50.